The molecule has 0 aromatic heterocycles. The number of hydrogen-bond donors (Lipinski definition) is 3. The maximum atomic E-state index is 14.5. The van der Waals surface area contributed by atoms with Crippen LogP contribution >= 0.6 is 0 Å². The second kappa shape index (κ2) is 12.8. The Labute approximate surface area is 224 Å². The lowest BCUT2D eigenvalue weighted by atomic mass is 9.92. The Morgan fingerprint density at radius 1 is 1.21 bits per heavy atom. The highest BCUT2D eigenvalue weighted by Crippen LogP contribution is 2.27. The second-order valence-electron chi connectivity index (χ2n) is 10.6. The van der Waals surface area contributed by atoms with Gasteiger partial charge in [-0.05, 0) is 74.2 Å². The van der Waals surface area contributed by atoms with Crippen LogP contribution in [0.2, 0.25) is 0 Å². The molecule has 1 amide bonds. The molecule has 1 aliphatic heterocycles. The van der Waals surface area contributed by atoms with Gasteiger partial charge in [-0.15, -0.1) is 0 Å². The Morgan fingerprint density at radius 3 is 2.61 bits per heavy atom. The van der Waals surface area contributed by atoms with Crippen LogP contribution in [0.5, 0.6) is 5.75 Å². The second-order valence-corrected chi connectivity index (χ2v) is 10.6. The van der Waals surface area contributed by atoms with Gasteiger partial charge in [0.25, 0.3) is 5.91 Å². The number of piperazine rings is 1. The van der Waals surface area contributed by atoms with Crippen molar-refractivity contribution in [3.8, 4) is 5.75 Å². The van der Waals surface area contributed by atoms with Gasteiger partial charge in [0.1, 0.15) is 23.9 Å². The summed E-state index contributed by atoms with van der Waals surface area (Å²) in [6.07, 6.45) is 3.40. The van der Waals surface area contributed by atoms with Crippen molar-refractivity contribution in [2.45, 2.75) is 70.1 Å². The number of nitrogens with one attached hydrogen (secondary N) is 1. The van der Waals surface area contributed by atoms with Crippen molar-refractivity contribution in [1.29, 1.82) is 0 Å². The quantitative estimate of drug-likeness (QED) is 0.432. The van der Waals surface area contributed by atoms with Crippen LogP contribution in [0.15, 0.2) is 55.1 Å². The molecule has 4 rings (SSSR count). The SMILES string of the molecule is C=CC(O)N1CCN(C[C@H](Oc2ccc(C(=O)N[C@@H]3CCCC[C@@H]3O)cc2)c2ccc(C)c(F)c2)C[C@H]1C. The molecule has 1 saturated carbocycles. The van der Waals surface area contributed by atoms with Gasteiger partial charge < -0.3 is 20.3 Å². The fraction of sp³-hybridized carbons (Fsp3) is 0.500. The monoisotopic (exact) mass is 525 g/mol. The van der Waals surface area contributed by atoms with Gasteiger partial charge in [-0.2, -0.15) is 0 Å². The molecule has 1 unspecified atom stereocenters. The molecule has 7 nitrogen and oxygen atoms in total. The normalized spacial score (nSPS) is 24.4. The Hall–Kier alpha value is -2.78. The standard InChI is InChI=1S/C30H40FN3O4/c1-4-29(36)34-16-15-33(18-21(34)3)19-28(23-10-9-20(2)25(31)17-23)38-24-13-11-22(12-14-24)30(37)32-26-7-5-6-8-27(26)35/h4,9-14,17,21,26-29,35-36H,1,5-8,15-16,18-19H2,2-3H3,(H,32,37)/t21-,26-,27+,28+,29?/m1/s1. The highest BCUT2D eigenvalue weighted by atomic mass is 19.1. The van der Waals surface area contributed by atoms with E-state index in [1.54, 1.807) is 37.3 Å². The Morgan fingerprint density at radius 2 is 1.95 bits per heavy atom. The summed E-state index contributed by atoms with van der Waals surface area (Å²) in [5, 5.41) is 23.3. The number of aliphatic hydroxyl groups excluding tert-OH is 2. The number of aryl methyl sites for hydroxylation is 1. The van der Waals surface area contributed by atoms with Crippen molar-refractivity contribution < 1.29 is 24.1 Å². The summed E-state index contributed by atoms with van der Waals surface area (Å²) >= 11 is 0. The minimum Gasteiger partial charge on any atom is -0.484 e. The average Bonchev–Trinajstić information content (AvgIpc) is 2.91. The van der Waals surface area contributed by atoms with Crippen molar-refractivity contribution in [3.63, 3.8) is 0 Å². The number of benzene rings is 2. The Bertz CT molecular complexity index is 1100. The summed E-state index contributed by atoms with van der Waals surface area (Å²) in [5.41, 5.74) is 1.81. The molecule has 5 atom stereocenters. The molecule has 8 heteroatoms. The van der Waals surface area contributed by atoms with Crippen LogP contribution in [0, 0.1) is 12.7 Å². The first-order chi connectivity index (χ1) is 18.2. The van der Waals surface area contributed by atoms with Gasteiger partial charge in [-0.3, -0.25) is 14.6 Å². The number of carbonyl (C=O) groups is 1. The fourth-order valence-corrected chi connectivity index (χ4v) is 5.38. The van der Waals surface area contributed by atoms with E-state index in [0.29, 0.717) is 36.4 Å². The molecule has 3 N–H and O–H groups in total. The predicted octanol–water partition coefficient (Wildman–Crippen LogP) is 3.80. The van der Waals surface area contributed by atoms with E-state index >= 15 is 0 Å². The number of rotatable bonds is 9. The van der Waals surface area contributed by atoms with Crippen LogP contribution in [0.4, 0.5) is 4.39 Å². The van der Waals surface area contributed by atoms with E-state index in [1.165, 1.54) is 12.1 Å². The number of aliphatic hydroxyl groups is 2. The molecule has 1 saturated heterocycles. The number of ether oxygens (including phenoxy) is 1. The van der Waals surface area contributed by atoms with Crippen LogP contribution in [0.25, 0.3) is 0 Å². The van der Waals surface area contributed by atoms with Gasteiger partial charge in [0, 0.05) is 37.8 Å². The fourth-order valence-electron chi connectivity index (χ4n) is 5.38. The van der Waals surface area contributed by atoms with E-state index in [0.717, 1.165) is 37.9 Å². The van der Waals surface area contributed by atoms with Crippen LogP contribution in [-0.2, 0) is 0 Å². The molecule has 0 bridgehead atoms. The summed E-state index contributed by atoms with van der Waals surface area (Å²) in [7, 11) is 0. The van der Waals surface area contributed by atoms with E-state index < -0.39 is 18.4 Å². The first-order valence-corrected chi connectivity index (χ1v) is 13.6. The maximum absolute atomic E-state index is 14.5. The predicted molar refractivity (Wildman–Crippen MR) is 145 cm³/mol. The van der Waals surface area contributed by atoms with Gasteiger partial charge >= 0.3 is 0 Å². The summed E-state index contributed by atoms with van der Waals surface area (Å²) in [6.45, 7) is 10.2. The molecular formula is C30H40FN3O4. The number of carbonyl (C=O) groups excluding carboxylic acids is 1. The van der Waals surface area contributed by atoms with E-state index in [9.17, 15) is 19.4 Å². The highest BCUT2D eigenvalue weighted by Gasteiger charge is 2.29. The summed E-state index contributed by atoms with van der Waals surface area (Å²) in [6, 6.07) is 12.0. The smallest absolute Gasteiger partial charge is 0.251 e. The molecule has 2 aromatic carbocycles. The van der Waals surface area contributed by atoms with Crippen molar-refractivity contribution >= 4 is 5.91 Å². The molecule has 2 aromatic rings. The topological polar surface area (TPSA) is 85.3 Å². The Kier molecular flexibility index (Phi) is 9.54. The highest BCUT2D eigenvalue weighted by molar-refractivity contribution is 5.94. The van der Waals surface area contributed by atoms with E-state index in [4.69, 9.17) is 4.74 Å². The first-order valence-electron chi connectivity index (χ1n) is 13.6. The number of halogens is 1. The third-order valence-electron chi connectivity index (χ3n) is 7.75. The van der Waals surface area contributed by atoms with Crippen LogP contribution < -0.4 is 10.1 Å². The molecule has 1 heterocycles. The molecule has 38 heavy (non-hydrogen) atoms. The van der Waals surface area contributed by atoms with E-state index in [-0.39, 0.29) is 23.8 Å². The molecule has 2 aliphatic rings. The van der Waals surface area contributed by atoms with Crippen molar-refractivity contribution in [2.24, 2.45) is 0 Å². The van der Waals surface area contributed by atoms with Crippen LogP contribution in [0.1, 0.15) is 60.2 Å². The van der Waals surface area contributed by atoms with Gasteiger partial charge in [0.15, 0.2) is 0 Å². The average molecular weight is 526 g/mol. The summed E-state index contributed by atoms with van der Waals surface area (Å²) in [4.78, 5) is 17.0. The van der Waals surface area contributed by atoms with Crippen molar-refractivity contribution in [2.75, 3.05) is 26.2 Å². The van der Waals surface area contributed by atoms with Gasteiger partial charge in [0.2, 0.25) is 0 Å². The zero-order chi connectivity index (χ0) is 27.2. The third kappa shape index (κ3) is 6.99. The number of amides is 1. The summed E-state index contributed by atoms with van der Waals surface area (Å²) < 4.78 is 20.9. The first kappa shape index (κ1) is 28.2. The largest absolute Gasteiger partial charge is 0.484 e. The van der Waals surface area contributed by atoms with E-state index in [2.05, 4.69) is 23.7 Å². The minimum atomic E-state index is -0.678. The van der Waals surface area contributed by atoms with E-state index in [1.807, 2.05) is 11.0 Å². The van der Waals surface area contributed by atoms with Gasteiger partial charge in [0.05, 0.1) is 12.1 Å². The number of nitrogens with zero attached hydrogens (tertiary/aromatic N) is 2. The maximum Gasteiger partial charge on any atom is 0.251 e. The van der Waals surface area contributed by atoms with Gasteiger partial charge in [-0.1, -0.05) is 31.6 Å². The van der Waals surface area contributed by atoms with Crippen LogP contribution in [0.3, 0.4) is 0 Å². The molecule has 2 fully saturated rings. The van der Waals surface area contributed by atoms with Crippen molar-refractivity contribution in [1.82, 2.24) is 15.1 Å². The van der Waals surface area contributed by atoms with Crippen molar-refractivity contribution in [3.05, 3.63) is 77.6 Å². The zero-order valence-corrected chi connectivity index (χ0v) is 22.4. The minimum absolute atomic E-state index is 0.118. The zero-order valence-electron chi connectivity index (χ0n) is 22.4. The summed E-state index contributed by atoms with van der Waals surface area (Å²) in [5.74, 6) is 0.0903. The third-order valence-corrected chi connectivity index (χ3v) is 7.75. The lowest BCUT2D eigenvalue weighted by Crippen LogP contribution is -2.55. The molecule has 0 spiro atoms. The lowest BCUT2D eigenvalue weighted by molar-refractivity contribution is -0.0333. The van der Waals surface area contributed by atoms with Crippen LogP contribution in [-0.4, -0.2) is 76.5 Å². The molecular weight excluding hydrogens is 485 g/mol. The Balaban J connectivity index is 1.45. The lowest BCUT2D eigenvalue weighted by Gasteiger charge is -2.42. The molecule has 1 aliphatic carbocycles. The van der Waals surface area contributed by atoms with Gasteiger partial charge in [-0.25, -0.2) is 4.39 Å². The molecule has 0 radical (unpaired) electrons. The number of hydrogen-bond acceptors (Lipinski definition) is 6. The molecule has 206 valence electrons.